The van der Waals surface area contributed by atoms with E-state index < -0.39 is 0 Å². The van der Waals surface area contributed by atoms with Crippen LogP contribution in [0.2, 0.25) is 0 Å². The van der Waals surface area contributed by atoms with Crippen LogP contribution in [-0.2, 0) is 0 Å². The third-order valence-corrected chi connectivity index (χ3v) is 5.36. The number of hydrogen-bond acceptors (Lipinski definition) is 7. The van der Waals surface area contributed by atoms with Crippen molar-refractivity contribution in [3.8, 4) is 0 Å². The van der Waals surface area contributed by atoms with Gasteiger partial charge in [-0.25, -0.2) is 9.97 Å². The number of aryl methyl sites for hydroxylation is 1. The van der Waals surface area contributed by atoms with Gasteiger partial charge in [-0.3, -0.25) is 4.90 Å². The van der Waals surface area contributed by atoms with Crippen LogP contribution in [0.3, 0.4) is 0 Å². The maximum Gasteiger partial charge on any atom is 0.243 e. The summed E-state index contributed by atoms with van der Waals surface area (Å²) in [6.45, 7) is 12.2. The van der Waals surface area contributed by atoms with Crippen LogP contribution in [0.25, 0.3) is 0 Å². The largest absolute Gasteiger partial charge is 0.338 e. The number of hydrogen-bond donors (Lipinski definition) is 0. The zero-order chi connectivity index (χ0) is 18.3. The lowest BCUT2D eigenvalue weighted by atomic mass is 10.1. The predicted molar refractivity (Wildman–Crippen MR) is 99.3 cm³/mol. The number of nitrogens with zero attached hydrogens (tertiary/aromatic N) is 6. The number of rotatable bonds is 5. The summed E-state index contributed by atoms with van der Waals surface area (Å²) >= 11 is 0. The second-order valence-corrected chi connectivity index (χ2v) is 7.85. The Morgan fingerprint density at radius 1 is 1.04 bits per heavy atom. The Labute approximate surface area is 154 Å². The first kappa shape index (κ1) is 17.4. The molecule has 4 rings (SSSR count). The average Bonchev–Trinajstić information content (AvgIpc) is 3.37. The minimum Gasteiger partial charge on any atom is -0.338 e. The van der Waals surface area contributed by atoms with Crippen molar-refractivity contribution in [3.05, 3.63) is 29.2 Å². The van der Waals surface area contributed by atoms with Crippen LogP contribution >= 0.6 is 0 Å². The third kappa shape index (κ3) is 3.58. The lowest BCUT2D eigenvalue weighted by Crippen LogP contribution is -2.47. The van der Waals surface area contributed by atoms with Crippen molar-refractivity contribution in [2.75, 3.05) is 31.1 Å². The molecule has 1 aliphatic heterocycles. The third-order valence-electron chi connectivity index (χ3n) is 5.36. The molecule has 3 heterocycles. The predicted octanol–water partition coefficient (Wildman–Crippen LogP) is 3.05. The Balaban J connectivity index is 1.40. The first-order valence-corrected chi connectivity index (χ1v) is 9.69. The molecule has 2 aliphatic rings. The van der Waals surface area contributed by atoms with E-state index in [0.29, 0.717) is 11.8 Å². The molecule has 1 saturated carbocycles. The van der Waals surface area contributed by atoms with E-state index in [0.717, 1.165) is 55.2 Å². The van der Waals surface area contributed by atoms with E-state index >= 15 is 0 Å². The smallest absolute Gasteiger partial charge is 0.243 e. The SMILES string of the molecule is Cc1cc(C(C)C)nc(N2CCN(C(C)c3nc(C4CC4)no3)CC2)n1. The van der Waals surface area contributed by atoms with Gasteiger partial charge < -0.3 is 9.42 Å². The summed E-state index contributed by atoms with van der Waals surface area (Å²) in [4.78, 5) is 18.7. The number of piperazine rings is 1. The summed E-state index contributed by atoms with van der Waals surface area (Å²) < 4.78 is 5.51. The van der Waals surface area contributed by atoms with Crippen molar-refractivity contribution >= 4 is 5.95 Å². The van der Waals surface area contributed by atoms with E-state index in [2.05, 4.69) is 51.8 Å². The normalized spacial score (nSPS) is 20.0. The first-order chi connectivity index (χ1) is 12.5. The fourth-order valence-corrected chi connectivity index (χ4v) is 3.40. The Morgan fingerprint density at radius 2 is 1.77 bits per heavy atom. The van der Waals surface area contributed by atoms with Gasteiger partial charge in [-0.1, -0.05) is 19.0 Å². The highest BCUT2D eigenvalue weighted by Crippen LogP contribution is 2.38. The molecule has 1 unspecified atom stereocenters. The Kier molecular flexibility index (Phi) is 4.65. The molecule has 7 heteroatoms. The molecule has 1 atom stereocenters. The van der Waals surface area contributed by atoms with Crippen molar-refractivity contribution in [1.82, 2.24) is 25.0 Å². The molecular formula is C19H28N6O. The summed E-state index contributed by atoms with van der Waals surface area (Å²) in [5, 5.41) is 4.15. The number of aromatic nitrogens is 4. The summed E-state index contributed by atoms with van der Waals surface area (Å²) in [7, 11) is 0. The van der Waals surface area contributed by atoms with Crippen molar-refractivity contribution in [2.45, 2.75) is 58.4 Å². The van der Waals surface area contributed by atoms with Crippen molar-refractivity contribution in [2.24, 2.45) is 0 Å². The maximum atomic E-state index is 5.51. The summed E-state index contributed by atoms with van der Waals surface area (Å²) in [5.74, 6) is 3.43. The van der Waals surface area contributed by atoms with Crippen LogP contribution in [-0.4, -0.2) is 51.2 Å². The van der Waals surface area contributed by atoms with E-state index in [1.807, 2.05) is 6.92 Å². The molecule has 1 aliphatic carbocycles. The van der Waals surface area contributed by atoms with Gasteiger partial charge in [0.2, 0.25) is 11.8 Å². The molecule has 2 fully saturated rings. The van der Waals surface area contributed by atoms with E-state index in [9.17, 15) is 0 Å². The standard InChI is InChI=1S/C19H28N6O/c1-12(2)16-11-13(3)20-19(21-16)25-9-7-24(8-10-25)14(4)18-22-17(23-26-18)15-5-6-15/h11-12,14-15H,5-10H2,1-4H3. The van der Waals surface area contributed by atoms with Crippen molar-refractivity contribution in [3.63, 3.8) is 0 Å². The maximum absolute atomic E-state index is 5.51. The highest BCUT2D eigenvalue weighted by atomic mass is 16.5. The van der Waals surface area contributed by atoms with Gasteiger partial charge >= 0.3 is 0 Å². The van der Waals surface area contributed by atoms with E-state index in [4.69, 9.17) is 9.51 Å². The molecular weight excluding hydrogens is 328 g/mol. The summed E-state index contributed by atoms with van der Waals surface area (Å²) in [5.41, 5.74) is 2.15. The quantitative estimate of drug-likeness (QED) is 0.815. The average molecular weight is 356 g/mol. The molecule has 2 aromatic heterocycles. The fraction of sp³-hybridized carbons (Fsp3) is 0.684. The monoisotopic (exact) mass is 356 g/mol. The van der Waals surface area contributed by atoms with Crippen LogP contribution in [0.5, 0.6) is 0 Å². The minimum atomic E-state index is 0.154. The van der Waals surface area contributed by atoms with Gasteiger partial charge in [0.05, 0.1) is 6.04 Å². The minimum absolute atomic E-state index is 0.154. The van der Waals surface area contributed by atoms with Gasteiger partial charge in [-0.15, -0.1) is 0 Å². The topological polar surface area (TPSA) is 71.2 Å². The van der Waals surface area contributed by atoms with Crippen molar-refractivity contribution in [1.29, 1.82) is 0 Å². The lowest BCUT2D eigenvalue weighted by Gasteiger charge is -2.37. The Morgan fingerprint density at radius 3 is 2.42 bits per heavy atom. The highest BCUT2D eigenvalue weighted by molar-refractivity contribution is 5.34. The van der Waals surface area contributed by atoms with Crippen LogP contribution in [0.1, 0.15) is 74.6 Å². The van der Waals surface area contributed by atoms with E-state index in [1.54, 1.807) is 0 Å². The molecule has 0 amide bonds. The Bertz CT molecular complexity index is 761. The second kappa shape index (κ2) is 6.95. The summed E-state index contributed by atoms with van der Waals surface area (Å²) in [6, 6.07) is 2.24. The van der Waals surface area contributed by atoms with Gasteiger partial charge in [0.25, 0.3) is 0 Å². The van der Waals surface area contributed by atoms with Crippen LogP contribution in [0.15, 0.2) is 10.6 Å². The zero-order valence-electron chi connectivity index (χ0n) is 16.1. The molecule has 7 nitrogen and oxygen atoms in total. The zero-order valence-corrected chi connectivity index (χ0v) is 16.1. The molecule has 1 saturated heterocycles. The van der Waals surface area contributed by atoms with Crippen molar-refractivity contribution < 1.29 is 4.52 Å². The summed E-state index contributed by atoms with van der Waals surface area (Å²) in [6.07, 6.45) is 2.39. The van der Waals surface area contributed by atoms with Gasteiger partial charge in [-0.2, -0.15) is 4.98 Å². The molecule has 26 heavy (non-hydrogen) atoms. The van der Waals surface area contributed by atoms with Crippen LogP contribution < -0.4 is 4.90 Å². The Hall–Kier alpha value is -2.02. The van der Waals surface area contributed by atoms with Gasteiger partial charge in [-0.05, 0) is 38.7 Å². The first-order valence-electron chi connectivity index (χ1n) is 9.69. The molecule has 0 N–H and O–H groups in total. The van der Waals surface area contributed by atoms with Crippen LogP contribution in [0, 0.1) is 6.92 Å². The van der Waals surface area contributed by atoms with E-state index in [1.165, 1.54) is 12.8 Å². The molecule has 0 radical (unpaired) electrons. The molecule has 140 valence electrons. The number of anilines is 1. The highest BCUT2D eigenvalue weighted by Gasteiger charge is 2.31. The molecule has 0 aromatic carbocycles. The molecule has 0 bridgehead atoms. The second-order valence-electron chi connectivity index (χ2n) is 7.85. The van der Waals surface area contributed by atoms with Crippen LogP contribution in [0.4, 0.5) is 5.95 Å². The van der Waals surface area contributed by atoms with Gasteiger partial charge in [0.1, 0.15) is 0 Å². The lowest BCUT2D eigenvalue weighted by molar-refractivity contribution is 0.163. The van der Waals surface area contributed by atoms with Gasteiger partial charge in [0, 0.05) is 43.5 Å². The fourth-order valence-electron chi connectivity index (χ4n) is 3.40. The molecule has 2 aromatic rings. The van der Waals surface area contributed by atoms with E-state index in [-0.39, 0.29) is 6.04 Å². The van der Waals surface area contributed by atoms with Gasteiger partial charge in [0.15, 0.2) is 5.82 Å². The molecule has 0 spiro atoms.